The quantitative estimate of drug-likeness (QED) is 0.315. The molecule has 2 aromatic rings. The number of halogens is 4. The Morgan fingerprint density at radius 3 is 2.65 bits per heavy atom. The SMILES string of the molecule is CCCCC(S)C(=O)OC.O=c1oc2cc3cc-3c2n1-c1ncc(C(F)(F)F)cc1Cl. The number of rotatable bonds is 5. The molecule has 0 saturated carbocycles. The van der Waals surface area contributed by atoms with Crippen LogP contribution in [0.2, 0.25) is 5.02 Å². The molecule has 0 amide bonds. The van der Waals surface area contributed by atoms with Gasteiger partial charge in [-0.3, -0.25) is 4.79 Å². The summed E-state index contributed by atoms with van der Waals surface area (Å²) < 4.78 is 48.4. The number of pyridine rings is 1. The lowest BCUT2D eigenvalue weighted by Gasteiger charge is -2.09. The minimum absolute atomic E-state index is 0.0814. The molecular formula is C20H18ClF3N2O4S. The normalized spacial score (nSPS) is 12.9. The molecule has 0 bridgehead atoms. The first-order chi connectivity index (χ1) is 14.6. The highest BCUT2D eigenvalue weighted by molar-refractivity contribution is 7.81. The van der Waals surface area contributed by atoms with E-state index < -0.39 is 17.5 Å². The summed E-state index contributed by atoms with van der Waals surface area (Å²) >= 11 is 9.93. The average Bonchev–Trinajstić information content (AvgIpc) is 3.27. The van der Waals surface area contributed by atoms with E-state index in [0.717, 1.165) is 41.0 Å². The number of oxazole rings is 1. The van der Waals surface area contributed by atoms with Crippen LogP contribution in [0.3, 0.4) is 0 Å². The maximum Gasteiger partial charge on any atom is 0.425 e. The Labute approximate surface area is 185 Å². The first-order valence-electron chi connectivity index (χ1n) is 9.27. The van der Waals surface area contributed by atoms with Gasteiger partial charge in [0.05, 0.1) is 22.9 Å². The summed E-state index contributed by atoms with van der Waals surface area (Å²) in [6, 6.07) is 4.24. The lowest BCUT2D eigenvalue weighted by molar-refractivity contribution is -0.140. The van der Waals surface area contributed by atoms with Gasteiger partial charge in [0.2, 0.25) is 0 Å². The fourth-order valence-corrected chi connectivity index (χ4v) is 3.46. The van der Waals surface area contributed by atoms with E-state index in [2.05, 4.69) is 29.3 Å². The van der Waals surface area contributed by atoms with Gasteiger partial charge in [0, 0.05) is 11.8 Å². The van der Waals surface area contributed by atoms with Gasteiger partial charge in [0.25, 0.3) is 0 Å². The number of carbonyl (C=O) groups is 1. The molecule has 31 heavy (non-hydrogen) atoms. The number of hydrogen-bond acceptors (Lipinski definition) is 6. The molecule has 6 nitrogen and oxygen atoms in total. The van der Waals surface area contributed by atoms with Crippen LogP contribution in [0.4, 0.5) is 13.2 Å². The zero-order valence-corrected chi connectivity index (χ0v) is 18.1. The van der Waals surface area contributed by atoms with Crippen LogP contribution in [0.15, 0.2) is 33.6 Å². The zero-order chi connectivity index (χ0) is 22.9. The van der Waals surface area contributed by atoms with Crippen LogP contribution in [0, 0.1) is 0 Å². The van der Waals surface area contributed by atoms with Crippen molar-refractivity contribution in [1.29, 1.82) is 0 Å². The van der Waals surface area contributed by atoms with Gasteiger partial charge < -0.3 is 9.15 Å². The van der Waals surface area contributed by atoms with Crippen molar-refractivity contribution in [2.75, 3.05) is 7.11 Å². The number of unbranched alkanes of at least 4 members (excludes halogenated alkanes) is 1. The Kier molecular flexibility index (Phi) is 6.70. The fourth-order valence-electron chi connectivity index (χ4n) is 2.92. The lowest BCUT2D eigenvalue weighted by Crippen LogP contribution is -2.15. The zero-order valence-electron chi connectivity index (χ0n) is 16.5. The maximum absolute atomic E-state index is 12.6. The molecule has 0 N–H and O–H groups in total. The maximum atomic E-state index is 12.6. The molecule has 1 atom stereocenters. The molecular weight excluding hydrogens is 457 g/mol. The van der Waals surface area contributed by atoms with E-state index in [0.29, 0.717) is 17.3 Å². The van der Waals surface area contributed by atoms with Crippen LogP contribution in [-0.2, 0) is 15.7 Å². The summed E-state index contributed by atoms with van der Waals surface area (Å²) in [4.78, 5) is 26.3. The highest BCUT2D eigenvalue weighted by Crippen LogP contribution is 2.43. The summed E-state index contributed by atoms with van der Waals surface area (Å²) in [5.74, 6) is -1.05. The van der Waals surface area contributed by atoms with Crippen LogP contribution in [0.25, 0.3) is 28.0 Å². The van der Waals surface area contributed by atoms with Crippen LogP contribution < -0.4 is 5.76 Å². The molecule has 166 valence electrons. The van der Waals surface area contributed by atoms with Gasteiger partial charge in [-0.1, -0.05) is 31.4 Å². The predicted octanol–water partition coefficient (Wildman–Crippen LogP) is 5.28. The van der Waals surface area contributed by atoms with Crippen LogP contribution >= 0.6 is 24.2 Å². The summed E-state index contributed by atoms with van der Waals surface area (Å²) in [5.41, 5.74) is 1.61. The molecule has 0 aromatic carbocycles. The van der Waals surface area contributed by atoms with Gasteiger partial charge >= 0.3 is 17.9 Å². The van der Waals surface area contributed by atoms with Crippen molar-refractivity contribution >= 4 is 41.3 Å². The largest absolute Gasteiger partial charge is 0.468 e. The molecule has 2 aliphatic carbocycles. The Morgan fingerprint density at radius 1 is 1.35 bits per heavy atom. The monoisotopic (exact) mass is 474 g/mol. The lowest BCUT2D eigenvalue weighted by atomic mass is 10.2. The summed E-state index contributed by atoms with van der Waals surface area (Å²) in [6.07, 6.45) is -0.979. The molecule has 11 heteroatoms. The van der Waals surface area contributed by atoms with Crippen molar-refractivity contribution in [3.8, 4) is 16.9 Å². The highest BCUT2D eigenvalue weighted by atomic mass is 35.5. The highest BCUT2D eigenvalue weighted by Gasteiger charge is 2.33. The van der Waals surface area contributed by atoms with Crippen molar-refractivity contribution in [1.82, 2.24) is 9.55 Å². The van der Waals surface area contributed by atoms with Crippen molar-refractivity contribution in [2.24, 2.45) is 0 Å². The van der Waals surface area contributed by atoms with Gasteiger partial charge in [-0.25, -0.2) is 14.3 Å². The smallest absolute Gasteiger partial charge is 0.425 e. The van der Waals surface area contributed by atoms with Crippen molar-refractivity contribution < 1.29 is 27.1 Å². The molecule has 0 fully saturated rings. The number of aromatic nitrogens is 2. The molecule has 2 aliphatic rings. The number of fused-ring (bicyclic) bond motifs is 3. The number of methoxy groups -OCH3 is 1. The van der Waals surface area contributed by atoms with Gasteiger partial charge in [-0.05, 0) is 30.2 Å². The van der Waals surface area contributed by atoms with E-state index in [1.807, 2.05) is 6.07 Å². The number of thiol groups is 1. The number of alkyl halides is 3. The second-order valence-electron chi connectivity index (χ2n) is 6.78. The molecule has 4 rings (SSSR count). The Balaban J connectivity index is 0.000000233. The van der Waals surface area contributed by atoms with Crippen LogP contribution in [-0.4, -0.2) is 27.9 Å². The topological polar surface area (TPSA) is 74.3 Å². The fraction of sp³-hybridized carbons (Fsp3) is 0.350. The average molecular weight is 475 g/mol. The van der Waals surface area contributed by atoms with E-state index in [1.165, 1.54) is 7.11 Å². The Morgan fingerprint density at radius 2 is 2.06 bits per heavy atom. The second-order valence-corrected chi connectivity index (χ2v) is 7.81. The van der Waals surface area contributed by atoms with E-state index >= 15 is 0 Å². The van der Waals surface area contributed by atoms with Crippen molar-refractivity contribution in [2.45, 2.75) is 37.6 Å². The number of benzene rings is 1. The number of ether oxygens (including phenoxy) is 1. The van der Waals surface area contributed by atoms with E-state index in [-0.39, 0.29) is 22.1 Å². The third kappa shape index (κ3) is 4.90. The van der Waals surface area contributed by atoms with Gasteiger partial charge in [0.15, 0.2) is 11.4 Å². The number of esters is 1. The number of carbonyl (C=O) groups excluding carboxylic acids is 1. The van der Waals surface area contributed by atoms with E-state index in [1.54, 1.807) is 6.07 Å². The first kappa shape index (κ1) is 23.2. The predicted molar refractivity (Wildman–Crippen MR) is 113 cm³/mol. The van der Waals surface area contributed by atoms with Crippen molar-refractivity contribution in [3.05, 3.63) is 45.5 Å². The van der Waals surface area contributed by atoms with Gasteiger partial charge in [-0.15, -0.1) is 0 Å². The standard InChI is InChI=1S/C13H4ClF3N2O2.C7H14O2S/c14-8-3-6(13(15,16)17)4-18-11(8)19-10-7-1-5(7)2-9(10)21-12(19)20;1-3-4-5-6(10)7(8)9-2/h1-4H;6,10H,3-5H2,1-2H3. The third-order valence-electron chi connectivity index (χ3n) is 4.57. The Hall–Kier alpha value is -2.46. The minimum Gasteiger partial charge on any atom is -0.468 e. The molecule has 2 heterocycles. The summed E-state index contributed by atoms with van der Waals surface area (Å²) in [7, 11) is 1.39. The first-order valence-corrected chi connectivity index (χ1v) is 10.2. The van der Waals surface area contributed by atoms with E-state index in [9.17, 15) is 22.8 Å². The van der Waals surface area contributed by atoms with Gasteiger partial charge in [-0.2, -0.15) is 25.8 Å². The van der Waals surface area contributed by atoms with Gasteiger partial charge in [0.1, 0.15) is 5.52 Å². The molecule has 0 saturated heterocycles. The second kappa shape index (κ2) is 8.96. The number of hydrogen-bond donors (Lipinski definition) is 1. The molecule has 1 unspecified atom stereocenters. The molecule has 0 aliphatic heterocycles. The molecule has 0 radical (unpaired) electrons. The van der Waals surface area contributed by atoms with Crippen LogP contribution in [0.5, 0.6) is 0 Å². The van der Waals surface area contributed by atoms with E-state index in [4.69, 9.17) is 16.0 Å². The van der Waals surface area contributed by atoms with Crippen molar-refractivity contribution in [3.63, 3.8) is 0 Å². The third-order valence-corrected chi connectivity index (χ3v) is 5.32. The Bertz CT molecular complexity index is 1190. The summed E-state index contributed by atoms with van der Waals surface area (Å²) in [6.45, 7) is 2.08. The summed E-state index contributed by atoms with van der Waals surface area (Å²) in [5, 5.41) is -0.504. The molecule has 0 spiro atoms. The number of nitrogens with zero attached hydrogens (tertiary/aromatic N) is 2. The van der Waals surface area contributed by atoms with Crippen LogP contribution in [0.1, 0.15) is 31.7 Å². The minimum atomic E-state index is -4.55. The molecule has 2 aromatic heterocycles.